The molecule has 1 aromatic heterocycles. The van der Waals surface area contributed by atoms with Crippen LogP contribution in [0.1, 0.15) is 11.4 Å². The number of rotatable bonds is 4. The molecule has 2 N–H and O–H groups in total. The SMILES string of the molecule is CNCc1nccc(Nc2ccc(C)c(Cl)c2)n1. The van der Waals surface area contributed by atoms with Crippen molar-refractivity contribution in [3.05, 3.63) is 46.9 Å². The van der Waals surface area contributed by atoms with Crippen LogP contribution in [0.15, 0.2) is 30.5 Å². The number of halogens is 1. The number of benzene rings is 1. The largest absolute Gasteiger partial charge is 0.340 e. The number of hydrogen-bond donors (Lipinski definition) is 2. The predicted molar refractivity (Wildman–Crippen MR) is 74.3 cm³/mol. The van der Waals surface area contributed by atoms with Gasteiger partial charge in [-0.1, -0.05) is 17.7 Å². The highest BCUT2D eigenvalue weighted by Crippen LogP contribution is 2.22. The molecule has 94 valence electrons. The van der Waals surface area contributed by atoms with E-state index >= 15 is 0 Å². The molecule has 0 aliphatic carbocycles. The minimum Gasteiger partial charge on any atom is -0.340 e. The fraction of sp³-hybridized carbons (Fsp3) is 0.231. The van der Waals surface area contributed by atoms with E-state index in [0.29, 0.717) is 6.54 Å². The van der Waals surface area contributed by atoms with Crippen molar-refractivity contribution in [3.8, 4) is 0 Å². The van der Waals surface area contributed by atoms with Gasteiger partial charge in [0.15, 0.2) is 0 Å². The van der Waals surface area contributed by atoms with Crippen molar-refractivity contribution in [2.75, 3.05) is 12.4 Å². The minimum absolute atomic E-state index is 0.643. The first-order chi connectivity index (χ1) is 8.69. The van der Waals surface area contributed by atoms with Gasteiger partial charge in [0.05, 0.1) is 6.54 Å². The molecular formula is C13H15ClN4. The standard InChI is InChI=1S/C13H15ClN4/c1-9-3-4-10(7-11(9)14)17-12-5-6-16-13(18-12)8-15-2/h3-7,15H,8H2,1-2H3,(H,16,17,18). The molecule has 5 heteroatoms. The highest BCUT2D eigenvalue weighted by molar-refractivity contribution is 6.31. The number of aromatic nitrogens is 2. The average Bonchev–Trinajstić information content (AvgIpc) is 2.35. The van der Waals surface area contributed by atoms with Crippen LogP contribution in [0.4, 0.5) is 11.5 Å². The number of nitrogens with one attached hydrogen (secondary N) is 2. The third-order valence-corrected chi connectivity index (χ3v) is 2.89. The van der Waals surface area contributed by atoms with E-state index in [9.17, 15) is 0 Å². The Hall–Kier alpha value is -1.65. The Morgan fingerprint density at radius 3 is 2.83 bits per heavy atom. The number of aryl methyl sites for hydroxylation is 1. The van der Waals surface area contributed by atoms with Crippen LogP contribution < -0.4 is 10.6 Å². The smallest absolute Gasteiger partial charge is 0.144 e. The van der Waals surface area contributed by atoms with Gasteiger partial charge >= 0.3 is 0 Å². The summed E-state index contributed by atoms with van der Waals surface area (Å²) in [4.78, 5) is 8.54. The van der Waals surface area contributed by atoms with Crippen LogP contribution in [0, 0.1) is 6.92 Å². The van der Waals surface area contributed by atoms with Gasteiger partial charge < -0.3 is 10.6 Å². The average molecular weight is 263 g/mol. The summed E-state index contributed by atoms with van der Waals surface area (Å²) >= 11 is 6.08. The van der Waals surface area contributed by atoms with E-state index in [4.69, 9.17) is 11.6 Å². The second-order valence-electron chi connectivity index (χ2n) is 3.98. The second-order valence-corrected chi connectivity index (χ2v) is 4.38. The first-order valence-electron chi connectivity index (χ1n) is 5.69. The molecule has 0 amide bonds. The maximum atomic E-state index is 6.08. The van der Waals surface area contributed by atoms with E-state index in [1.54, 1.807) is 6.20 Å². The first kappa shape index (κ1) is 12.8. The molecule has 0 fully saturated rings. The van der Waals surface area contributed by atoms with E-state index in [1.807, 2.05) is 38.2 Å². The maximum absolute atomic E-state index is 6.08. The molecule has 18 heavy (non-hydrogen) atoms. The Morgan fingerprint density at radius 2 is 2.11 bits per heavy atom. The molecular weight excluding hydrogens is 248 g/mol. The zero-order valence-corrected chi connectivity index (χ0v) is 11.1. The second kappa shape index (κ2) is 5.80. The molecule has 0 aliphatic rings. The van der Waals surface area contributed by atoms with Crippen molar-refractivity contribution in [3.63, 3.8) is 0 Å². The van der Waals surface area contributed by atoms with Crippen molar-refractivity contribution in [2.24, 2.45) is 0 Å². The number of anilines is 2. The van der Waals surface area contributed by atoms with Gasteiger partial charge in [-0.25, -0.2) is 9.97 Å². The highest BCUT2D eigenvalue weighted by atomic mass is 35.5. The lowest BCUT2D eigenvalue weighted by Gasteiger charge is -2.08. The summed E-state index contributed by atoms with van der Waals surface area (Å²) in [5.41, 5.74) is 1.97. The van der Waals surface area contributed by atoms with Crippen LogP contribution >= 0.6 is 11.6 Å². The monoisotopic (exact) mass is 262 g/mol. The minimum atomic E-state index is 0.643. The lowest BCUT2D eigenvalue weighted by Crippen LogP contribution is -2.09. The summed E-state index contributed by atoms with van der Waals surface area (Å²) in [5, 5.41) is 6.97. The lowest BCUT2D eigenvalue weighted by molar-refractivity contribution is 0.759. The molecule has 0 spiro atoms. The Kier molecular flexibility index (Phi) is 4.12. The molecule has 0 bridgehead atoms. The van der Waals surface area contributed by atoms with Crippen molar-refractivity contribution in [2.45, 2.75) is 13.5 Å². The van der Waals surface area contributed by atoms with Crippen LogP contribution in [0.5, 0.6) is 0 Å². The normalized spacial score (nSPS) is 10.4. The molecule has 0 atom stereocenters. The van der Waals surface area contributed by atoms with Gasteiger partial charge in [0, 0.05) is 16.9 Å². The highest BCUT2D eigenvalue weighted by Gasteiger charge is 2.01. The van der Waals surface area contributed by atoms with E-state index in [1.165, 1.54) is 0 Å². The van der Waals surface area contributed by atoms with E-state index < -0.39 is 0 Å². The summed E-state index contributed by atoms with van der Waals surface area (Å²) < 4.78 is 0. The van der Waals surface area contributed by atoms with Crippen molar-refractivity contribution in [1.29, 1.82) is 0 Å². The first-order valence-corrected chi connectivity index (χ1v) is 6.06. The van der Waals surface area contributed by atoms with Gasteiger partial charge in [-0.3, -0.25) is 0 Å². The van der Waals surface area contributed by atoms with Crippen molar-refractivity contribution < 1.29 is 0 Å². The Bertz CT molecular complexity index is 542. The molecule has 2 aromatic rings. The van der Waals surface area contributed by atoms with Crippen molar-refractivity contribution >= 4 is 23.1 Å². The fourth-order valence-electron chi connectivity index (χ4n) is 1.53. The summed E-state index contributed by atoms with van der Waals surface area (Å²) in [6.45, 7) is 2.62. The molecule has 0 unspecified atom stereocenters. The third kappa shape index (κ3) is 3.18. The van der Waals surface area contributed by atoms with E-state index in [2.05, 4.69) is 20.6 Å². The van der Waals surface area contributed by atoms with Crippen LogP contribution in [-0.2, 0) is 6.54 Å². The molecule has 1 aromatic carbocycles. The molecule has 0 aliphatic heterocycles. The summed E-state index contributed by atoms with van der Waals surface area (Å²) in [6, 6.07) is 7.66. The van der Waals surface area contributed by atoms with Crippen LogP contribution in [0.3, 0.4) is 0 Å². The zero-order chi connectivity index (χ0) is 13.0. The summed E-state index contributed by atoms with van der Waals surface area (Å²) in [7, 11) is 1.86. The van der Waals surface area contributed by atoms with Gasteiger partial charge in [0.25, 0.3) is 0 Å². The molecule has 0 radical (unpaired) electrons. The molecule has 0 saturated carbocycles. The summed E-state index contributed by atoms with van der Waals surface area (Å²) in [5.74, 6) is 1.51. The molecule has 4 nitrogen and oxygen atoms in total. The topological polar surface area (TPSA) is 49.8 Å². The zero-order valence-electron chi connectivity index (χ0n) is 10.4. The van der Waals surface area contributed by atoms with Crippen LogP contribution in [-0.4, -0.2) is 17.0 Å². The quantitative estimate of drug-likeness (QED) is 0.890. The molecule has 2 rings (SSSR count). The van der Waals surface area contributed by atoms with Gasteiger partial charge in [-0.2, -0.15) is 0 Å². The van der Waals surface area contributed by atoms with Crippen molar-refractivity contribution in [1.82, 2.24) is 15.3 Å². The third-order valence-electron chi connectivity index (χ3n) is 2.48. The van der Waals surface area contributed by atoms with Crippen LogP contribution in [0.25, 0.3) is 0 Å². The number of hydrogen-bond acceptors (Lipinski definition) is 4. The van der Waals surface area contributed by atoms with E-state index in [-0.39, 0.29) is 0 Å². The number of nitrogens with zero attached hydrogens (tertiary/aromatic N) is 2. The lowest BCUT2D eigenvalue weighted by atomic mass is 10.2. The van der Waals surface area contributed by atoms with Crippen LogP contribution in [0.2, 0.25) is 5.02 Å². The Balaban J connectivity index is 2.17. The summed E-state index contributed by atoms with van der Waals surface area (Å²) in [6.07, 6.45) is 1.73. The van der Waals surface area contributed by atoms with Gasteiger partial charge in [-0.05, 0) is 37.7 Å². The molecule has 1 heterocycles. The fourth-order valence-corrected chi connectivity index (χ4v) is 1.71. The van der Waals surface area contributed by atoms with Gasteiger partial charge in [0.1, 0.15) is 11.6 Å². The van der Waals surface area contributed by atoms with Gasteiger partial charge in [0.2, 0.25) is 0 Å². The Morgan fingerprint density at radius 1 is 1.28 bits per heavy atom. The molecule has 0 saturated heterocycles. The van der Waals surface area contributed by atoms with Gasteiger partial charge in [-0.15, -0.1) is 0 Å². The predicted octanol–water partition coefficient (Wildman–Crippen LogP) is 2.90. The maximum Gasteiger partial charge on any atom is 0.144 e. The Labute approximate surface area is 111 Å². The van der Waals surface area contributed by atoms with E-state index in [0.717, 1.165) is 27.9 Å².